The molecular weight excluding hydrogens is 378 g/mol. The minimum atomic E-state index is -1.04. The summed E-state index contributed by atoms with van der Waals surface area (Å²) < 4.78 is 33.1. The van der Waals surface area contributed by atoms with Gasteiger partial charge in [-0.05, 0) is 35.9 Å². The zero-order valence-electron chi connectivity index (χ0n) is 15.0. The first-order valence-electron chi connectivity index (χ1n) is 8.67. The van der Waals surface area contributed by atoms with Crippen molar-refractivity contribution < 1.29 is 18.3 Å². The van der Waals surface area contributed by atoms with Crippen molar-refractivity contribution in [2.45, 2.75) is 6.54 Å². The van der Waals surface area contributed by atoms with E-state index in [-0.39, 0.29) is 17.2 Å². The highest BCUT2D eigenvalue weighted by Gasteiger charge is 2.24. The van der Waals surface area contributed by atoms with Gasteiger partial charge in [-0.3, -0.25) is 0 Å². The summed E-state index contributed by atoms with van der Waals surface area (Å²) in [6.07, 6.45) is 6.47. The summed E-state index contributed by atoms with van der Waals surface area (Å²) in [5.74, 6) is -2.79. The number of halogens is 2. The Balaban J connectivity index is 1.45. The molecule has 0 amide bonds. The molecule has 0 saturated heterocycles. The van der Waals surface area contributed by atoms with Crippen molar-refractivity contribution in [1.29, 1.82) is 0 Å². The molecule has 8 heteroatoms. The van der Waals surface area contributed by atoms with Crippen LogP contribution in [0.25, 0.3) is 6.08 Å². The molecule has 0 atom stereocenters. The number of ether oxygens (including phenoxy) is 1. The van der Waals surface area contributed by atoms with Crippen LogP contribution in [0.5, 0.6) is 0 Å². The second kappa shape index (κ2) is 7.97. The topological polar surface area (TPSA) is 69.4 Å². The fourth-order valence-electron chi connectivity index (χ4n) is 2.65. The number of carbonyl (C=O) groups excluding carboxylic acids is 1. The minimum absolute atomic E-state index is 0.0395. The van der Waals surface area contributed by atoms with Crippen LogP contribution in [0.15, 0.2) is 77.6 Å². The third kappa shape index (κ3) is 4.32. The number of hydrogen-bond donors (Lipinski definition) is 0. The van der Waals surface area contributed by atoms with Crippen LogP contribution in [0.1, 0.15) is 16.8 Å². The van der Waals surface area contributed by atoms with Crippen LogP contribution < -0.4 is 0 Å². The Morgan fingerprint density at radius 2 is 1.90 bits per heavy atom. The van der Waals surface area contributed by atoms with E-state index in [9.17, 15) is 13.6 Å². The quantitative estimate of drug-likeness (QED) is 0.492. The van der Waals surface area contributed by atoms with Gasteiger partial charge >= 0.3 is 5.97 Å². The third-order valence-corrected chi connectivity index (χ3v) is 4.05. The molecule has 144 valence electrons. The number of esters is 1. The van der Waals surface area contributed by atoms with E-state index < -0.39 is 17.6 Å². The second-order valence-electron chi connectivity index (χ2n) is 6.17. The molecule has 1 aromatic heterocycles. The van der Waals surface area contributed by atoms with Crippen molar-refractivity contribution in [3.63, 3.8) is 0 Å². The summed E-state index contributed by atoms with van der Waals surface area (Å²) >= 11 is 0. The number of carbonyl (C=O) groups is 1. The number of allylic oxidation sites excluding steroid dienone is 2. The zero-order chi connectivity index (χ0) is 20.2. The zero-order valence-corrected chi connectivity index (χ0v) is 15.0. The number of aliphatic imine (C=N–C) groups is 1. The van der Waals surface area contributed by atoms with Crippen molar-refractivity contribution >= 4 is 17.9 Å². The highest BCUT2D eigenvalue weighted by molar-refractivity contribution is 6.11. The molecule has 29 heavy (non-hydrogen) atoms. The molecule has 0 bridgehead atoms. The molecule has 2 aromatic carbocycles. The summed E-state index contributed by atoms with van der Waals surface area (Å²) in [4.78, 5) is 15.9. The number of hydrogen-bond acceptors (Lipinski definition) is 5. The lowest BCUT2D eigenvalue weighted by Gasteiger charge is -1.99. The van der Waals surface area contributed by atoms with Crippen LogP contribution in [-0.2, 0) is 16.1 Å². The van der Waals surface area contributed by atoms with Gasteiger partial charge in [0.2, 0.25) is 5.90 Å². The van der Waals surface area contributed by atoms with Crippen LogP contribution in [0, 0.1) is 11.6 Å². The van der Waals surface area contributed by atoms with Crippen molar-refractivity contribution in [3.8, 4) is 0 Å². The van der Waals surface area contributed by atoms with E-state index in [0.29, 0.717) is 12.2 Å². The van der Waals surface area contributed by atoms with Gasteiger partial charge in [-0.1, -0.05) is 41.6 Å². The third-order valence-electron chi connectivity index (χ3n) is 4.05. The van der Waals surface area contributed by atoms with E-state index in [2.05, 4.69) is 15.3 Å². The van der Waals surface area contributed by atoms with Crippen LogP contribution in [0.3, 0.4) is 0 Å². The van der Waals surface area contributed by atoms with Crippen LogP contribution in [0.4, 0.5) is 8.78 Å². The van der Waals surface area contributed by atoms with E-state index in [1.54, 1.807) is 23.0 Å². The fourth-order valence-corrected chi connectivity index (χ4v) is 2.65. The number of aromatic nitrogens is 3. The number of nitrogens with zero attached hydrogens (tertiary/aromatic N) is 4. The van der Waals surface area contributed by atoms with Gasteiger partial charge in [0.25, 0.3) is 0 Å². The lowest BCUT2D eigenvalue weighted by Crippen LogP contribution is -2.06. The predicted octanol–water partition coefficient (Wildman–Crippen LogP) is 3.51. The van der Waals surface area contributed by atoms with Crippen molar-refractivity contribution in [1.82, 2.24) is 15.0 Å². The summed E-state index contributed by atoms with van der Waals surface area (Å²) in [6, 6.07) is 13.0. The molecule has 1 aliphatic heterocycles. The standard InChI is InChI=1S/C21H14F2N4O2/c22-17-10-9-15(11-18(17)23)20-24-19(21(28)29-20)8-4-7-16-13-27(26-25-16)12-14-5-2-1-3-6-14/h1-11,13H,12H2/b7-4-,19-8+. The molecule has 6 nitrogen and oxygen atoms in total. The van der Waals surface area contributed by atoms with Crippen LogP contribution in [-0.4, -0.2) is 26.9 Å². The molecule has 3 aromatic rings. The van der Waals surface area contributed by atoms with Gasteiger partial charge in [0.1, 0.15) is 5.69 Å². The van der Waals surface area contributed by atoms with Crippen LogP contribution >= 0.6 is 0 Å². The molecule has 0 unspecified atom stereocenters. The Hall–Kier alpha value is -3.94. The highest BCUT2D eigenvalue weighted by Crippen LogP contribution is 2.18. The average molecular weight is 392 g/mol. The smallest absolute Gasteiger partial charge is 0.363 e. The van der Waals surface area contributed by atoms with Gasteiger partial charge in [0, 0.05) is 5.56 Å². The lowest BCUT2D eigenvalue weighted by atomic mass is 10.2. The summed E-state index contributed by atoms with van der Waals surface area (Å²) in [7, 11) is 0. The van der Waals surface area contributed by atoms with E-state index in [4.69, 9.17) is 4.74 Å². The van der Waals surface area contributed by atoms with E-state index in [0.717, 1.165) is 17.7 Å². The SMILES string of the molecule is O=C1OC(c2ccc(F)c(F)c2)=N/C1=C/C=C\c1cn(Cc2ccccc2)nn1. The lowest BCUT2D eigenvalue weighted by molar-refractivity contribution is -0.130. The molecule has 0 saturated carbocycles. The minimum Gasteiger partial charge on any atom is -0.402 e. The molecule has 0 radical (unpaired) electrons. The van der Waals surface area contributed by atoms with E-state index >= 15 is 0 Å². The van der Waals surface area contributed by atoms with Gasteiger partial charge < -0.3 is 4.74 Å². The monoisotopic (exact) mass is 392 g/mol. The van der Waals surface area contributed by atoms with Gasteiger partial charge in [0.15, 0.2) is 17.3 Å². The highest BCUT2D eigenvalue weighted by atomic mass is 19.2. The first kappa shape index (κ1) is 18.4. The van der Waals surface area contributed by atoms with Crippen molar-refractivity contribution in [2.75, 3.05) is 0 Å². The summed E-state index contributed by atoms with van der Waals surface area (Å²) in [6.45, 7) is 0.594. The number of cyclic esters (lactones) is 1. The normalized spacial score (nSPS) is 15.2. The van der Waals surface area contributed by atoms with Gasteiger partial charge in [0.05, 0.1) is 12.7 Å². The summed E-state index contributed by atoms with van der Waals surface area (Å²) in [5.41, 5.74) is 1.92. The first-order valence-corrected chi connectivity index (χ1v) is 8.67. The van der Waals surface area contributed by atoms with Gasteiger partial charge in [-0.25, -0.2) is 23.2 Å². The first-order chi connectivity index (χ1) is 14.1. The Bertz CT molecular complexity index is 1150. The van der Waals surface area contributed by atoms with E-state index in [1.807, 2.05) is 30.3 Å². The Morgan fingerprint density at radius 1 is 1.07 bits per heavy atom. The number of benzene rings is 2. The molecule has 2 heterocycles. The molecule has 0 fully saturated rings. The van der Waals surface area contributed by atoms with Gasteiger partial charge in [-0.2, -0.15) is 0 Å². The molecular formula is C21H14F2N4O2. The second-order valence-corrected chi connectivity index (χ2v) is 6.17. The largest absolute Gasteiger partial charge is 0.402 e. The maximum Gasteiger partial charge on any atom is 0.363 e. The molecule has 0 aliphatic carbocycles. The number of rotatable bonds is 5. The Morgan fingerprint density at radius 3 is 2.69 bits per heavy atom. The van der Waals surface area contributed by atoms with Crippen LogP contribution in [0.2, 0.25) is 0 Å². The van der Waals surface area contributed by atoms with E-state index in [1.165, 1.54) is 12.1 Å². The Kier molecular flexibility index (Phi) is 5.07. The maximum atomic E-state index is 13.3. The van der Waals surface area contributed by atoms with Crippen molar-refractivity contribution in [2.24, 2.45) is 4.99 Å². The summed E-state index contributed by atoms with van der Waals surface area (Å²) in [5, 5.41) is 8.10. The predicted molar refractivity (Wildman–Crippen MR) is 102 cm³/mol. The molecule has 0 spiro atoms. The maximum absolute atomic E-state index is 13.3. The molecule has 1 aliphatic rings. The Labute approximate surface area is 164 Å². The average Bonchev–Trinajstić information content (AvgIpc) is 3.31. The van der Waals surface area contributed by atoms with Crippen molar-refractivity contribution in [3.05, 3.63) is 101 Å². The van der Waals surface area contributed by atoms with Gasteiger partial charge in [-0.15, -0.1) is 5.10 Å². The molecule has 4 rings (SSSR count). The molecule has 0 N–H and O–H groups in total. The fraction of sp³-hybridized carbons (Fsp3) is 0.0476.